The van der Waals surface area contributed by atoms with E-state index in [4.69, 9.17) is 11.6 Å². The first-order valence-corrected chi connectivity index (χ1v) is 8.86. The van der Waals surface area contributed by atoms with Gasteiger partial charge in [-0.2, -0.15) is 0 Å². The minimum absolute atomic E-state index is 0. The molecule has 1 unspecified atom stereocenters. The molecule has 0 saturated carbocycles. The molecule has 0 bridgehead atoms. The van der Waals surface area contributed by atoms with Crippen LogP contribution in [0.2, 0.25) is 5.02 Å². The molecule has 1 heterocycles. The van der Waals surface area contributed by atoms with Gasteiger partial charge in [-0.15, -0.1) is 24.8 Å². The zero-order chi connectivity index (χ0) is 16.7. The summed E-state index contributed by atoms with van der Waals surface area (Å²) in [7, 11) is 1.87. The van der Waals surface area contributed by atoms with Gasteiger partial charge < -0.3 is 10.6 Å². The van der Waals surface area contributed by atoms with Gasteiger partial charge in [-0.25, -0.2) is 0 Å². The minimum atomic E-state index is 0. The number of benzene rings is 1. The second kappa shape index (κ2) is 12.8. The number of halogens is 3. The fourth-order valence-electron chi connectivity index (χ4n) is 3.03. The summed E-state index contributed by atoms with van der Waals surface area (Å²) in [6.45, 7) is 6.53. The fraction of sp³-hybridized carbons (Fsp3) is 0.611. The molecule has 7 heteroatoms. The molecular formula is C18H30Cl3N3O. The molecule has 4 nitrogen and oxygen atoms in total. The Bertz CT molecular complexity index is 508. The van der Waals surface area contributed by atoms with Crippen molar-refractivity contribution in [1.82, 2.24) is 15.5 Å². The number of hydrogen-bond acceptors (Lipinski definition) is 3. The summed E-state index contributed by atoms with van der Waals surface area (Å²) in [5.41, 5.74) is 1.20. The molecule has 1 saturated heterocycles. The molecule has 2 N–H and O–H groups in total. The lowest BCUT2D eigenvalue weighted by atomic mass is 9.96. The summed E-state index contributed by atoms with van der Waals surface area (Å²) in [5.74, 6) is 0.765. The molecule has 1 fully saturated rings. The Kier molecular flexibility index (Phi) is 12.5. The molecule has 1 amide bonds. The summed E-state index contributed by atoms with van der Waals surface area (Å²) in [4.78, 5) is 14.4. The van der Waals surface area contributed by atoms with E-state index in [0.717, 1.165) is 50.6 Å². The highest BCUT2D eigenvalue weighted by Crippen LogP contribution is 2.22. The molecule has 0 aromatic heterocycles. The molecule has 25 heavy (non-hydrogen) atoms. The molecule has 1 atom stereocenters. The van der Waals surface area contributed by atoms with E-state index >= 15 is 0 Å². The van der Waals surface area contributed by atoms with Gasteiger partial charge in [0.2, 0.25) is 5.91 Å². The Morgan fingerprint density at radius 1 is 1.28 bits per heavy atom. The van der Waals surface area contributed by atoms with Crippen molar-refractivity contribution in [3.63, 3.8) is 0 Å². The van der Waals surface area contributed by atoms with Gasteiger partial charge in [0.15, 0.2) is 0 Å². The zero-order valence-corrected chi connectivity index (χ0v) is 17.4. The van der Waals surface area contributed by atoms with Gasteiger partial charge in [-0.3, -0.25) is 9.69 Å². The van der Waals surface area contributed by atoms with Gasteiger partial charge >= 0.3 is 0 Å². The lowest BCUT2D eigenvalue weighted by Crippen LogP contribution is -2.41. The number of nitrogens with one attached hydrogen (secondary N) is 2. The SMILES string of the molecule is CNCC(C)C(=O)NCC1CCN(Cc2ccccc2Cl)CC1.Cl.Cl. The maximum Gasteiger partial charge on any atom is 0.224 e. The third-order valence-corrected chi connectivity index (χ3v) is 4.95. The van der Waals surface area contributed by atoms with E-state index in [-0.39, 0.29) is 36.6 Å². The number of hydrogen-bond donors (Lipinski definition) is 2. The summed E-state index contributed by atoms with van der Waals surface area (Å²) in [5, 5.41) is 6.98. The van der Waals surface area contributed by atoms with Gasteiger partial charge in [0.25, 0.3) is 0 Å². The largest absolute Gasteiger partial charge is 0.356 e. The quantitative estimate of drug-likeness (QED) is 0.724. The number of carbonyl (C=O) groups excluding carboxylic acids is 1. The molecule has 0 spiro atoms. The van der Waals surface area contributed by atoms with Crippen molar-refractivity contribution in [3.8, 4) is 0 Å². The number of piperidine rings is 1. The van der Waals surface area contributed by atoms with E-state index < -0.39 is 0 Å². The molecule has 1 aromatic rings. The molecule has 1 aliphatic rings. The van der Waals surface area contributed by atoms with E-state index in [1.54, 1.807) is 0 Å². The van der Waals surface area contributed by atoms with E-state index in [0.29, 0.717) is 5.92 Å². The van der Waals surface area contributed by atoms with Crippen LogP contribution in [0.5, 0.6) is 0 Å². The Labute approximate surface area is 168 Å². The maximum atomic E-state index is 11.9. The first-order chi connectivity index (χ1) is 11.1. The van der Waals surface area contributed by atoms with Gasteiger partial charge in [0, 0.05) is 30.6 Å². The van der Waals surface area contributed by atoms with Crippen LogP contribution in [0.4, 0.5) is 0 Å². The minimum Gasteiger partial charge on any atom is -0.356 e. The van der Waals surface area contributed by atoms with E-state index in [1.807, 2.05) is 32.2 Å². The average molecular weight is 411 g/mol. The standard InChI is InChI=1S/C18H28ClN3O.2ClH/c1-14(11-20-2)18(23)21-12-15-7-9-22(10-8-15)13-16-5-3-4-6-17(16)19;;/h3-6,14-15,20H,7-13H2,1-2H3,(H,21,23);2*1H. The Hall–Kier alpha value is -0.520. The molecule has 0 radical (unpaired) electrons. The van der Waals surface area contributed by atoms with Crippen molar-refractivity contribution in [2.24, 2.45) is 11.8 Å². The van der Waals surface area contributed by atoms with Crippen LogP contribution in [0.1, 0.15) is 25.3 Å². The second-order valence-corrected chi connectivity index (χ2v) is 6.92. The summed E-state index contributed by atoms with van der Waals surface area (Å²) in [6.07, 6.45) is 2.26. The van der Waals surface area contributed by atoms with Gasteiger partial charge in [0.1, 0.15) is 0 Å². The summed E-state index contributed by atoms with van der Waals surface area (Å²) >= 11 is 6.23. The summed E-state index contributed by atoms with van der Waals surface area (Å²) < 4.78 is 0. The maximum absolute atomic E-state index is 11.9. The van der Waals surface area contributed by atoms with Crippen molar-refractivity contribution in [3.05, 3.63) is 34.9 Å². The Balaban J connectivity index is 0.00000288. The normalized spacial score (nSPS) is 16.4. The van der Waals surface area contributed by atoms with Crippen LogP contribution in [0.3, 0.4) is 0 Å². The van der Waals surface area contributed by atoms with Gasteiger partial charge in [-0.1, -0.05) is 36.7 Å². The molecular weight excluding hydrogens is 381 g/mol. The van der Waals surface area contributed by atoms with Crippen molar-refractivity contribution < 1.29 is 4.79 Å². The average Bonchev–Trinajstić information content (AvgIpc) is 2.56. The van der Waals surface area contributed by atoms with Gasteiger partial charge in [0.05, 0.1) is 0 Å². The first-order valence-electron chi connectivity index (χ1n) is 8.48. The van der Waals surface area contributed by atoms with Crippen molar-refractivity contribution in [2.75, 3.05) is 33.2 Å². The fourth-order valence-corrected chi connectivity index (χ4v) is 3.23. The molecule has 1 aromatic carbocycles. The van der Waals surface area contributed by atoms with Crippen LogP contribution in [0.25, 0.3) is 0 Å². The van der Waals surface area contributed by atoms with Crippen LogP contribution < -0.4 is 10.6 Å². The number of amides is 1. The molecule has 0 aliphatic carbocycles. The van der Waals surface area contributed by atoms with Crippen LogP contribution in [-0.4, -0.2) is 44.0 Å². The molecule has 144 valence electrons. The topological polar surface area (TPSA) is 44.4 Å². The lowest BCUT2D eigenvalue weighted by Gasteiger charge is -2.32. The third-order valence-electron chi connectivity index (χ3n) is 4.58. The summed E-state index contributed by atoms with van der Waals surface area (Å²) in [6, 6.07) is 8.05. The van der Waals surface area contributed by atoms with Crippen molar-refractivity contribution >= 4 is 42.3 Å². The van der Waals surface area contributed by atoms with Crippen molar-refractivity contribution in [2.45, 2.75) is 26.3 Å². The predicted octanol–water partition coefficient (Wildman–Crippen LogP) is 3.37. The van der Waals surface area contributed by atoms with E-state index in [2.05, 4.69) is 21.6 Å². The Morgan fingerprint density at radius 3 is 2.52 bits per heavy atom. The monoisotopic (exact) mass is 409 g/mol. The first kappa shape index (κ1) is 24.5. The zero-order valence-electron chi connectivity index (χ0n) is 15.0. The van der Waals surface area contributed by atoms with E-state index in [9.17, 15) is 4.79 Å². The smallest absolute Gasteiger partial charge is 0.224 e. The van der Waals surface area contributed by atoms with Crippen LogP contribution >= 0.6 is 36.4 Å². The predicted molar refractivity (Wildman–Crippen MR) is 110 cm³/mol. The number of rotatable bonds is 7. The molecule has 2 rings (SSSR count). The third kappa shape index (κ3) is 8.14. The highest BCUT2D eigenvalue weighted by Gasteiger charge is 2.21. The van der Waals surface area contributed by atoms with E-state index in [1.165, 1.54) is 5.56 Å². The number of nitrogens with zero attached hydrogens (tertiary/aromatic N) is 1. The highest BCUT2D eigenvalue weighted by molar-refractivity contribution is 6.31. The molecule has 1 aliphatic heterocycles. The number of likely N-dealkylation sites (tertiary alicyclic amines) is 1. The lowest BCUT2D eigenvalue weighted by molar-refractivity contribution is -0.124. The van der Waals surface area contributed by atoms with Crippen LogP contribution in [-0.2, 0) is 11.3 Å². The van der Waals surface area contributed by atoms with Gasteiger partial charge in [-0.05, 0) is 50.5 Å². The highest BCUT2D eigenvalue weighted by atomic mass is 35.5. The Morgan fingerprint density at radius 2 is 1.92 bits per heavy atom. The van der Waals surface area contributed by atoms with Crippen molar-refractivity contribution in [1.29, 1.82) is 0 Å². The van der Waals surface area contributed by atoms with Crippen LogP contribution in [0.15, 0.2) is 24.3 Å². The van der Waals surface area contributed by atoms with Crippen LogP contribution in [0, 0.1) is 11.8 Å². The number of carbonyl (C=O) groups is 1. The second-order valence-electron chi connectivity index (χ2n) is 6.51.